The molecule has 0 aliphatic carbocycles. The van der Waals surface area contributed by atoms with Crippen LogP contribution in [-0.4, -0.2) is 36.4 Å². The minimum Gasteiger partial charge on any atom is -0.390 e. The van der Waals surface area contributed by atoms with Gasteiger partial charge in [-0.05, 0) is 12.1 Å². The lowest BCUT2D eigenvalue weighted by Gasteiger charge is -2.02. The fourth-order valence-electron chi connectivity index (χ4n) is 2.67. The number of ether oxygens (including phenoxy) is 1. The highest BCUT2D eigenvalue weighted by molar-refractivity contribution is 7.16. The molecule has 118 valence electrons. The van der Waals surface area contributed by atoms with E-state index in [9.17, 15) is 5.11 Å². The largest absolute Gasteiger partial charge is 0.390 e. The van der Waals surface area contributed by atoms with Gasteiger partial charge in [-0.25, -0.2) is 14.5 Å². The average Bonchev–Trinajstić information content (AvgIpc) is 3.20. The summed E-state index contributed by atoms with van der Waals surface area (Å²) >= 11 is 1.46. The fraction of sp³-hybridized carbons (Fsp3) is 0.267. The van der Waals surface area contributed by atoms with Gasteiger partial charge in [0.1, 0.15) is 5.01 Å². The first kappa shape index (κ1) is 14.3. The lowest BCUT2D eigenvalue weighted by atomic mass is 10.1. The van der Waals surface area contributed by atoms with Crippen LogP contribution >= 0.6 is 11.3 Å². The number of benzene rings is 1. The van der Waals surface area contributed by atoms with E-state index < -0.39 is 0 Å². The second-order valence-electron chi connectivity index (χ2n) is 5.25. The molecule has 0 saturated heterocycles. The monoisotopic (exact) mass is 329 g/mol. The molecule has 0 aliphatic rings. The second kappa shape index (κ2) is 5.41. The molecule has 0 aliphatic heterocycles. The molecule has 0 bridgehead atoms. The maximum absolute atomic E-state index is 9.78. The van der Waals surface area contributed by atoms with Crippen molar-refractivity contribution in [2.24, 2.45) is 7.05 Å². The van der Waals surface area contributed by atoms with Crippen LogP contribution in [0.1, 0.15) is 10.7 Å². The molecule has 0 atom stereocenters. The number of aliphatic hydroxyl groups is 1. The Hall–Kier alpha value is -2.29. The Morgan fingerprint density at radius 2 is 2.22 bits per heavy atom. The van der Waals surface area contributed by atoms with Crippen molar-refractivity contribution >= 4 is 27.3 Å². The summed E-state index contributed by atoms with van der Waals surface area (Å²) < 4.78 is 8.76. The standard InChI is InChI=1S/C15H15N5O2S/c1-19-8-16-10-5-9(3-4-11(10)19)14-12(6-21)20-15(17-14)23-13(18-20)7-22-2/h3-5,8,21H,6-7H2,1-2H3. The fourth-order valence-corrected chi connectivity index (χ4v) is 3.55. The van der Waals surface area contributed by atoms with Crippen molar-refractivity contribution < 1.29 is 9.84 Å². The van der Waals surface area contributed by atoms with Crippen molar-refractivity contribution in [1.82, 2.24) is 24.1 Å². The maximum Gasteiger partial charge on any atom is 0.213 e. The zero-order valence-corrected chi connectivity index (χ0v) is 13.5. The van der Waals surface area contributed by atoms with Gasteiger partial charge in [-0.15, -0.1) is 0 Å². The molecule has 1 aromatic carbocycles. The van der Waals surface area contributed by atoms with Gasteiger partial charge in [0.05, 0.1) is 42.0 Å². The first-order valence-electron chi connectivity index (χ1n) is 7.10. The van der Waals surface area contributed by atoms with Crippen LogP contribution < -0.4 is 0 Å². The summed E-state index contributed by atoms with van der Waals surface area (Å²) in [6.45, 7) is 0.307. The van der Waals surface area contributed by atoms with Crippen LogP contribution in [0.4, 0.5) is 0 Å². The molecule has 0 unspecified atom stereocenters. The number of hydrogen-bond acceptors (Lipinski definition) is 6. The number of imidazole rings is 2. The number of methoxy groups -OCH3 is 1. The van der Waals surface area contributed by atoms with Crippen LogP contribution in [0, 0.1) is 0 Å². The molecule has 7 nitrogen and oxygen atoms in total. The molecule has 4 aromatic rings. The number of aromatic nitrogens is 5. The van der Waals surface area contributed by atoms with E-state index in [1.807, 2.05) is 29.8 Å². The van der Waals surface area contributed by atoms with Crippen molar-refractivity contribution in [1.29, 1.82) is 0 Å². The normalized spacial score (nSPS) is 11.8. The van der Waals surface area contributed by atoms with E-state index in [1.54, 1.807) is 18.0 Å². The average molecular weight is 329 g/mol. The molecule has 0 amide bonds. The number of fused-ring (bicyclic) bond motifs is 2. The van der Waals surface area contributed by atoms with Gasteiger partial charge in [0.25, 0.3) is 0 Å². The Labute approximate surface area is 135 Å². The Bertz CT molecular complexity index is 1000. The predicted molar refractivity (Wildman–Crippen MR) is 87.2 cm³/mol. The lowest BCUT2D eigenvalue weighted by Crippen LogP contribution is -1.97. The molecule has 23 heavy (non-hydrogen) atoms. The number of hydrogen-bond donors (Lipinski definition) is 1. The summed E-state index contributed by atoms with van der Waals surface area (Å²) in [7, 11) is 3.59. The zero-order valence-electron chi connectivity index (χ0n) is 12.7. The third-order valence-electron chi connectivity index (χ3n) is 3.75. The van der Waals surface area contributed by atoms with Gasteiger partial charge in [0.15, 0.2) is 0 Å². The van der Waals surface area contributed by atoms with E-state index in [0.717, 1.165) is 32.3 Å². The van der Waals surface area contributed by atoms with Crippen LogP contribution in [0.25, 0.3) is 27.3 Å². The third kappa shape index (κ3) is 2.23. The first-order chi connectivity index (χ1) is 11.2. The van der Waals surface area contributed by atoms with E-state index in [1.165, 1.54) is 11.3 Å². The molecular formula is C15H15N5O2S. The van der Waals surface area contributed by atoms with Crippen LogP contribution in [0.5, 0.6) is 0 Å². The molecule has 8 heteroatoms. The van der Waals surface area contributed by atoms with Gasteiger partial charge in [0.2, 0.25) is 4.96 Å². The first-order valence-corrected chi connectivity index (χ1v) is 7.91. The van der Waals surface area contributed by atoms with Gasteiger partial charge in [-0.3, -0.25) is 0 Å². The molecule has 0 radical (unpaired) electrons. The molecule has 3 aromatic heterocycles. The highest BCUT2D eigenvalue weighted by atomic mass is 32.1. The summed E-state index contributed by atoms with van der Waals surface area (Å²) in [6.07, 6.45) is 1.78. The van der Waals surface area contributed by atoms with E-state index in [2.05, 4.69) is 15.1 Å². The Balaban J connectivity index is 1.87. The number of aryl methyl sites for hydroxylation is 1. The molecule has 4 rings (SSSR count). The Morgan fingerprint density at radius 1 is 1.35 bits per heavy atom. The number of aliphatic hydroxyl groups excluding tert-OH is 1. The zero-order chi connectivity index (χ0) is 16.0. The van der Waals surface area contributed by atoms with Crippen molar-refractivity contribution in [3.8, 4) is 11.3 Å². The van der Waals surface area contributed by atoms with E-state index in [-0.39, 0.29) is 6.61 Å². The molecule has 0 saturated carbocycles. The van der Waals surface area contributed by atoms with Crippen LogP contribution in [-0.2, 0) is 25.0 Å². The number of nitrogens with zero attached hydrogens (tertiary/aromatic N) is 5. The van der Waals surface area contributed by atoms with Crippen LogP contribution in [0.3, 0.4) is 0 Å². The van der Waals surface area contributed by atoms with Gasteiger partial charge < -0.3 is 14.4 Å². The van der Waals surface area contributed by atoms with E-state index >= 15 is 0 Å². The summed E-state index contributed by atoms with van der Waals surface area (Å²) in [5, 5.41) is 15.1. The van der Waals surface area contributed by atoms with Gasteiger partial charge in [-0.2, -0.15) is 5.10 Å². The second-order valence-corrected chi connectivity index (χ2v) is 6.29. The van der Waals surface area contributed by atoms with Crippen molar-refractivity contribution in [2.75, 3.05) is 7.11 Å². The lowest BCUT2D eigenvalue weighted by molar-refractivity contribution is 0.183. The molecule has 0 spiro atoms. The van der Waals surface area contributed by atoms with Crippen molar-refractivity contribution in [3.63, 3.8) is 0 Å². The molecule has 3 heterocycles. The van der Waals surface area contributed by atoms with Gasteiger partial charge in [0, 0.05) is 19.7 Å². The van der Waals surface area contributed by atoms with Gasteiger partial charge >= 0.3 is 0 Å². The minimum atomic E-state index is -0.132. The smallest absolute Gasteiger partial charge is 0.213 e. The third-order valence-corrected chi connectivity index (χ3v) is 4.64. The minimum absolute atomic E-state index is 0.132. The van der Waals surface area contributed by atoms with Gasteiger partial charge in [-0.1, -0.05) is 17.4 Å². The van der Waals surface area contributed by atoms with Crippen molar-refractivity contribution in [2.45, 2.75) is 13.2 Å². The summed E-state index contributed by atoms with van der Waals surface area (Å²) in [4.78, 5) is 9.76. The summed E-state index contributed by atoms with van der Waals surface area (Å²) in [5.74, 6) is 0. The van der Waals surface area contributed by atoms with Crippen LogP contribution in [0.15, 0.2) is 24.5 Å². The van der Waals surface area contributed by atoms with E-state index in [4.69, 9.17) is 4.74 Å². The van der Waals surface area contributed by atoms with E-state index in [0.29, 0.717) is 12.3 Å². The Morgan fingerprint density at radius 3 is 3.00 bits per heavy atom. The SMILES string of the molecule is COCc1nn2c(CO)c(-c3ccc4c(c3)ncn4C)nc2s1. The highest BCUT2D eigenvalue weighted by Crippen LogP contribution is 2.29. The molecule has 0 fully saturated rings. The quantitative estimate of drug-likeness (QED) is 0.619. The number of rotatable bonds is 4. The molecular weight excluding hydrogens is 314 g/mol. The van der Waals surface area contributed by atoms with Crippen molar-refractivity contribution in [3.05, 3.63) is 35.2 Å². The molecule has 1 N–H and O–H groups in total. The Kier molecular flexibility index (Phi) is 3.37. The maximum atomic E-state index is 9.78. The summed E-state index contributed by atoms with van der Waals surface area (Å²) in [6, 6.07) is 5.98. The predicted octanol–water partition coefficient (Wildman–Crippen LogP) is 1.98. The van der Waals surface area contributed by atoms with Crippen LogP contribution in [0.2, 0.25) is 0 Å². The topological polar surface area (TPSA) is 77.5 Å². The highest BCUT2D eigenvalue weighted by Gasteiger charge is 2.18. The summed E-state index contributed by atoms with van der Waals surface area (Å²) in [5.41, 5.74) is 4.29.